The highest BCUT2D eigenvalue weighted by Crippen LogP contribution is 1.69. The summed E-state index contributed by atoms with van der Waals surface area (Å²) in [5.41, 5.74) is 9.66. The van der Waals surface area contributed by atoms with Crippen LogP contribution in [0.15, 0.2) is 0 Å². The van der Waals surface area contributed by atoms with Crippen molar-refractivity contribution in [3.63, 3.8) is 0 Å². The molecule has 68 valence electrons. The molecule has 0 radical (unpaired) electrons. The summed E-state index contributed by atoms with van der Waals surface area (Å²) in [5.74, 6) is -0.345. The van der Waals surface area contributed by atoms with E-state index in [-0.39, 0.29) is 19.1 Å². The molecule has 0 bridgehead atoms. The molecule has 5 N–H and O–H groups in total. The van der Waals surface area contributed by atoms with Gasteiger partial charge in [-0.1, -0.05) is 0 Å². The quantitative estimate of drug-likeness (QED) is 0.438. The molecular formula is C6H16N2O3. The van der Waals surface area contributed by atoms with E-state index in [4.69, 9.17) is 16.6 Å². The van der Waals surface area contributed by atoms with Crippen LogP contribution in [0.5, 0.6) is 0 Å². The van der Waals surface area contributed by atoms with E-state index < -0.39 is 0 Å². The molecule has 11 heavy (non-hydrogen) atoms. The van der Waals surface area contributed by atoms with Crippen LogP contribution >= 0.6 is 0 Å². The maximum Gasteiger partial charge on any atom is 0.319 e. The first kappa shape index (κ1) is 13.0. The molecule has 0 saturated carbocycles. The third-order valence-corrected chi connectivity index (χ3v) is 0.601. The number of nitrogens with two attached hydrogens (primary N) is 2. The van der Waals surface area contributed by atoms with Crippen molar-refractivity contribution in [3.8, 4) is 0 Å². The molecule has 0 aromatic heterocycles. The van der Waals surface area contributed by atoms with Crippen LogP contribution in [0.4, 0.5) is 0 Å². The predicted octanol–water partition coefficient (Wildman–Crippen LogP) is -1.55. The zero-order valence-corrected chi connectivity index (χ0v) is 6.75. The fourth-order valence-electron chi connectivity index (χ4n) is 0.220. The van der Waals surface area contributed by atoms with Crippen LogP contribution < -0.4 is 11.5 Å². The Balaban J connectivity index is 0. The van der Waals surface area contributed by atoms with Crippen molar-refractivity contribution in [1.29, 1.82) is 0 Å². The maximum absolute atomic E-state index is 10.1. The molecule has 0 aromatic carbocycles. The standard InChI is InChI=1S/C4H9NO2.C2H7NO/c1-2-7-4(6)3-5;3-1-2-4/h2-3,5H2,1H3;4H,1-3H2. The molecule has 0 aromatic rings. The maximum atomic E-state index is 10.1. The van der Waals surface area contributed by atoms with Crippen molar-refractivity contribution < 1.29 is 14.6 Å². The zero-order chi connectivity index (χ0) is 9.11. The first-order valence-corrected chi connectivity index (χ1v) is 3.39. The molecule has 0 aliphatic rings. The number of hydrogen-bond acceptors (Lipinski definition) is 5. The van der Waals surface area contributed by atoms with E-state index in [1.54, 1.807) is 6.92 Å². The summed E-state index contributed by atoms with van der Waals surface area (Å²) in [4.78, 5) is 10.1. The van der Waals surface area contributed by atoms with E-state index in [0.29, 0.717) is 13.2 Å². The van der Waals surface area contributed by atoms with E-state index >= 15 is 0 Å². The predicted molar refractivity (Wildman–Crippen MR) is 41.8 cm³/mol. The lowest BCUT2D eigenvalue weighted by atomic mass is 10.7. The minimum atomic E-state index is -0.345. The Bertz CT molecular complexity index is 85.9. The number of aliphatic hydroxyl groups is 1. The molecule has 0 aliphatic heterocycles. The Labute approximate surface area is 66.3 Å². The number of carbonyl (C=O) groups is 1. The van der Waals surface area contributed by atoms with E-state index in [1.807, 2.05) is 0 Å². The molecule has 5 nitrogen and oxygen atoms in total. The molecule has 0 aliphatic carbocycles. The summed E-state index contributed by atoms with van der Waals surface area (Å²) >= 11 is 0. The monoisotopic (exact) mass is 164 g/mol. The summed E-state index contributed by atoms with van der Waals surface area (Å²) < 4.78 is 4.43. The van der Waals surface area contributed by atoms with Crippen molar-refractivity contribution >= 4 is 5.97 Å². The molecule has 0 amide bonds. The molecule has 0 atom stereocenters. The van der Waals surface area contributed by atoms with E-state index in [1.165, 1.54) is 0 Å². The van der Waals surface area contributed by atoms with Gasteiger partial charge in [0.15, 0.2) is 0 Å². The first-order valence-electron chi connectivity index (χ1n) is 3.39. The largest absolute Gasteiger partial charge is 0.465 e. The Morgan fingerprint density at radius 1 is 1.55 bits per heavy atom. The minimum absolute atomic E-state index is 0.0200. The fourth-order valence-corrected chi connectivity index (χ4v) is 0.220. The molecule has 0 rings (SSSR count). The lowest BCUT2D eigenvalue weighted by Crippen LogP contribution is -2.16. The summed E-state index contributed by atoms with van der Waals surface area (Å²) in [6.07, 6.45) is 0. The lowest BCUT2D eigenvalue weighted by Gasteiger charge is -1.93. The van der Waals surface area contributed by atoms with Gasteiger partial charge < -0.3 is 21.3 Å². The highest BCUT2D eigenvalue weighted by atomic mass is 16.5. The SMILES string of the molecule is CCOC(=O)CN.NCCO. The lowest BCUT2D eigenvalue weighted by molar-refractivity contribution is -0.141. The second kappa shape index (κ2) is 12.1. The van der Waals surface area contributed by atoms with Gasteiger partial charge in [-0.15, -0.1) is 0 Å². The molecule has 0 fully saturated rings. The second-order valence-corrected chi connectivity index (χ2v) is 1.52. The summed E-state index contributed by atoms with van der Waals surface area (Å²) in [6, 6.07) is 0. The minimum Gasteiger partial charge on any atom is -0.465 e. The molecule has 5 heteroatoms. The zero-order valence-electron chi connectivity index (χ0n) is 6.75. The number of hydrogen-bond donors (Lipinski definition) is 3. The van der Waals surface area contributed by atoms with Gasteiger partial charge in [-0.3, -0.25) is 4.79 Å². The number of rotatable bonds is 3. The van der Waals surface area contributed by atoms with Gasteiger partial charge in [0.25, 0.3) is 0 Å². The van der Waals surface area contributed by atoms with Gasteiger partial charge in [-0.25, -0.2) is 0 Å². The Kier molecular flexibility index (Phi) is 14.2. The summed E-state index contributed by atoms with van der Waals surface area (Å²) in [5, 5.41) is 7.75. The fraction of sp³-hybridized carbons (Fsp3) is 0.833. The molecular weight excluding hydrogens is 148 g/mol. The van der Waals surface area contributed by atoms with Crippen LogP contribution in [-0.4, -0.2) is 37.4 Å². The third-order valence-electron chi connectivity index (χ3n) is 0.601. The van der Waals surface area contributed by atoms with Crippen LogP contribution in [0.2, 0.25) is 0 Å². The topological polar surface area (TPSA) is 98.6 Å². The van der Waals surface area contributed by atoms with E-state index in [9.17, 15) is 4.79 Å². The van der Waals surface area contributed by atoms with Gasteiger partial charge in [0.2, 0.25) is 0 Å². The average molecular weight is 164 g/mol. The van der Waals surface area contributed by atoms with Gasteiger partial charge in [-0.05, 0) is 6.92 Å². The normalized spacial score (nSPS) is 8.00. The van der Waals surface area contributed by atoms with Gasteiger partial charge >= 0.3 is 5.97 Å². The number of aliphatic hydroxyl groups excluding tert-OH is 1. The van der Waals surface area contributed by atoms with Gasteiger partial charge in [0.1, 0.15) is 0 Å². The van der Waals surface area contributed by atoms with Crippen molar-refractivity contribution in [1.82, 2.24) is 0 Å². The highest BCUT2D eigenvalue weighted by Gasteiger charge is 1.91. The van der Waals surface area contributed by atoms with E-state index in [2.05, 4.69) is 4.74 Å². The Morgan fingerprint density at radius 3 is 2.09 bits per heavy atom. The molecule has 0 unspecified atom stereocenters. The van der Waals surface area contributed by atoms with Crippen LogP contribution in [0.1, 0.15) is 6.92 Å². The Morgan fingerprint density at radius 2 is 2.00 bits per heavy atom. The molecule has 0 saturated heterocycles. The van der Waals surface area contributed by atoms with Crippen molar-refractivity contribution in [2.45, 2.75) is 6.92 Å². The van der Waals surface area contributed by atoms with Gasteiger partial charge in [0.05, 0.1) is 19.8 Å². The molecule has 0 heterocycles. The summed E-state index contributed by atoms with van der Waals surface area (Å²) in [6.45, 7) is 2.61. The number of esters is 1. The second-order valence-electron chi connectivity index (χ2n) is 1.52. The van der Waals surface area contributed by atoms with Crippen molar-refractivity contribution in [3.05, 3.63) is 0 Å². The smallest absolute Gasteiger partial charge is 0.319 e. The van der Waals surface area contributed by atoms with Crippen LogP contribution in [0.3, 0.4) is 0 Å². The van der Waals surface area contributed by atoms with Crippen LogP contribution in [-0.2, 0) is 9.53 Å². The first-order chi connectivity index (χ1) is 5.22. The van der Waals surface area contributed by atoms with Crippen LogP contribution in [0, 0.1) is 0 Å². The van der Waals surface area contributed by atoms with Gasteiger partial charge in [0, 0.05) is 6.54 Å². The van der Waals surface area contributed by atoms with Crippen LogP contribution in [0.25, 0.3) is 0 Å². The van der Waals surface area contributed by atoms with E-state index in [0.717, 1.165) is 0 Å². The Hall–Kier alpha value is -0.650. The number of carbonyl (C=O) groups excluding carboxylic acids is 1. The third kappa shape index (κ3) is 17.6. The average Bonchev–Trinajstić information content (AvgIpc) is 2.05. The molecule has 0 spiro atoms. The van der Waals surface area contributed by atoms with Crippen molar-refractivity contribution in [2.75, 3.05) is 26.3 Å². The highest BCUT2D eigenvalue weighted by molar-refractivity contribution is 5.71. The summed E-state index contributed by atoms with van der Waals surface area (Å²) in [7, 11) is 0. The van der Waals surface area contributed by atoms with Gasteiger partial charge in [-0.2, -0.15) is 0 Å². The van der Waals surface area contributed by atoms with Crippen molar-refractivity contribution in [2.24, 2.45) is 11.5 Å². The number of ether oxygens (including phenoxy) is 1.